The number of nitrogens with one attached hydrogen (secondary N) is 2. The van der Waals surface area contributed by atoms with E-state index >= 15 is 0 Å². The molecule has 4 heterocycles. The van der Waals surface area contributed by atoms with Gasteiger partial charge in [-0.15, -0.1) is 0 Å². The molecule has 0 unspecified atom stereocenters. The number of aromatic nitrogens is 2. The molecule has 0 saturated carbocycles. The van der Waals surface area contributed by atoms with E-state index in [1.165, 1.54) is 0 Å². The number of anilines is 1. The van der Waals surface area contributed by atoms with Gasteiger partial charge in [-0.25, -0.2) is 0 Å². The summed E-state index contributed by atoms with van der Waals surface area (Å²) < 4.78 is 11.7. The van der Waals surface area contributed by atoms with Crippen molar-refractivity contribution in [3.05, 3.63) is 71.2 Å². The number of H-pyrrole nitrogens is 1. The molecule has 3 aromatic rings. The lowest BCUT2D eigenvalue weighted by Gasteiger charge is -2.29. The molecule has 5 rings (SSSR count). The summed E-state index contributed by atoms with van der Waals surface area (Å²) in [7, 11) is -0.693. The number of hydrogen-bond acceptors (Lipinski definition) is 4. The van der Waals surface area contributed by atoms with Crippen LogP contribution in [0.25, 0.3) is 23.4 Å². The number of aromatic amines is 1. The monoisotopic (exact) mass is 432 g/mol. The highest BCUT2D eigenvalue weighted by Gasteiger charge is 2.20. The third-order valence-electron chi connectivity index (χ3n) is 5.79. The highest BCUT2D eigenvalue weighted by molar-refractivity contribution is 7.85. The van der Waals surface area contributed by atoms with Gasteiger partial charge < -0.3 is 15.2 Å². The second-order valence-corrected chi connectivity index (χ2v) is 9.47. The molecule has 0 atom stereocenters. The van der Waals surface area contributed by atoms with E-state index in [2.05, 4.69) is 38.4 Å². The van der Waals surface area contributed by atoms with E-state index in [-0.39, 0.29) is 5.91 Å². The Kier molecular flexibility index (Phi) is 5.42. The molecule has 2 aliphatic heterocycles. The second kappa shape index (κ2) is 8.51. The highest BCUT2D eigenvalue weighted by atomic mass is 32.2. The third-order valence-corrected chi connectivity index (χ3v) is 7.06. The van der Waals surface area contributed by atoms with Gasteiger partial charge in [0.05, 0.1) is 11.3 Å². The number of carbonyl (C=O) groups excluding carboxylic acids is 1. The summed E-state index contributed by atoms with van der Waals surface area (Å²) in [6.07, 6.45) is 6.71. The number of hydrogen-bond donors (Lipinski definition) is 2. The largest absolute Gasteiger partial charge is 0.369 e. The van der Waals surface area contributed by atoms with Gasteiger partial charge in [0.25, 0.3) is 5.91 Å². The minimum absolute atomic E-state index is 0.0175. The van der Waals surface area contributed by atoms with Crippen LogP contribution in [0.3, 0.4) is 0 Å². The van der Waals surface area contributed by atoms with Gasteiger partial charge in [-0.1, -0.05) is 24.3 Å². The van der Waals surface area contributed by atoms with Gasteiger partial charge >= 0.3 is 0 Å². The molecule has 7 heteroatoms. The standard InChI is InChI=1S/C24H24N4O2S/c29-24-20-16-22(27-21(20)8-10-26-24)18-7-9-25-19(15-18)6-5-17-3-1-2-4-23(17)28-11-13-31(30)14-12-28/h1-7,9,15-16,27H,8,10-14H2,(H,26,29). The first-order chi connectivity index (χ1) is 15.2. The molecule has 2 aromatic heterocycles. The summed E-state index contributed by atoms with van der Waals surface area (Å²) in [4.78, 5) is 22.3. The van der Waals surface area contributed by atoms with Crippen LogP contribution in [0.5, 0.6) is 0 Å². The van der Waals surface area contributed by atoms with E-state index < -0.39 is 10.8 Å². The average molecular weight is 433 g/mol. The minimum Gasteiger partial charge on any atom is -0.369 e. The fourth-order valence-corrected chi connectivity index (χ4v) is 5.18. The number of pyridine rings is 1. The van der Waals surface area contributed by atoms with Crippen LogP contribution in [0.2, 0.25) is 0 Å². The first-order valence-corrected chi connectivity index (χ1v) is 12.0. The summed E-state index contributed by atoms with van der Waals surface area (Å²) in [5, 5.41) is 2.88. The highest BCUT2D eigenvalue weighted by Crippen LogP contribution is 2.26. The molecule has 0 radical (unpaired) electrons. The summed E-state index contributed by atoms with van der Waals surface area (Å²) >= 11 is 0. The number of fused-ring (bicyclic) bond motifs is 1. The molecule has 0 spiro atoms. The predicted molar refractivity (Wildman–Crippen MR) is 126 cm³/mol. The van der Waals surface area contributed by atoms with Crippen molar-refractivity contribution < 1.29 is 9.00 Å². The smallest absolute Gasteiger partial charge is 0.253 e. The van der Waals surface area contributed by atoms with E-state index in [4.69, 9.17) is 0 Å². The Balaban J connectivity index is 1.40. The zero-order valence-corrected chi connectivity index (χ0v) is 18.0. The molecular formula is C24H24N4O2S. The Morgan fingerprint density at radius 1 is 1.06 bits per heavy atom. The van der Waals surface area contributed by atoms with Crippen molar-refractivity contribution in [2.45, 2.75) is 6.42 Å². The van der Waals surface area contributed by atoms with Crippen LogP contribution in [0.15, 0.2) is 48.7 Å². The van der Waals surface area contributed by atoms with Crippen LogP contribution >= 0.6 is 0 Å². The lowest BCUT2D eigenvalue weighted by molar-refractivity contribution is 0.0946. The Hall–Kier alpha value is -3.19. The molecule has 158 valence electrons. The summed E-state index contributed by atoms with van der Waals surface area (Å²) in [6.45, 7) is 2.30. The number of nitrogens with zero attached hydrogens (tertiary/aromatic N) is 2. The Morgan fingerprint density at radius 2 is 1.90 bits per heavy atom. The van der Waals surface area contributed by atoms with E-state index in [1.807, 2.05) is 36.4 Å². The van der Waals surface area contributed by atoms with Crippen LogP contribution in [0.4, 0.5) is 5.69 Å². The van der Waals surface area contributed by atoms with Crippen LogP contribution in [-0.2, 0) is 17.2 Å². The summed E-state index contributed by atoms with van der Waals surface area (Å²) in [6, 6.07) is 14.2. The molecule has 1 aromatic carbocycles. The van der Waals surface area contributed by atoms with Gasteiger partial charge in [-0.05, 0) is 35.9 Å². The van der Waals surface area contributed by atoms with Gasteiger partial charge in [0, 0.05) is 77.2 Å². The number of rotatable bonds is 4. The molecular weight excluding hydrogens is 408 g/mol. The van der Waals surface area contributed by atoms with Gasteiger partial charge in [-0.2, -0.15) is 0 Å². The molecule has 0 bridgehead atoms. The summed E-state index contributed by atoms with van der Waals surface area (Å²) in [5.74, 6) is 1.43. The second-order valence-electron chi connectivity index (χ2n) is 7.78. The van der Waals surface area contributed by atoms with Crippen LogP contribution < -0.4 is 10.2 Å². The van der Waals surface area contributed by atoms with Gasteiger partial charge in [0.1, 0.15) is 0 Å². The topological polar surface area (TPSA) is 78.1 Å². The fraction of sp³-hybridized carbons (Fsp3) is 0.250. The lowest BCUT2D eigenvalue weighted by atomic mass is 10.1. The molecule has 2 N–H and O–H groups in total. The zero-order chi connectivity index (χ0) is 21.2. The molecule has 0 aliphatic carbocycles. The van der Waals surface area contributed by atoms with Crippen LogP contribution in [0, 0.1) is 0 Å². The van der Waals surface area contributed by atoms with E-state index in [9.17, 15) is 9.00 Å². The van der Waals surface area contributed by atoms with Crippen molar-refractivity contribution in [1.29, 1.82) is 0 Å². The van der Waals surface area contributed by atoms with Crippen molar-refractivity contribution in [3.63, 3.8) is 0 Å². The Labute approximate surface area is 183 Å². The normalized spacial score (nSPS) is 17.0. The molecule has 6 nitrogen and oxygen atoms in total. The molecule has 2 aliphatic rings. The van der Waals surface area contributed by atoms with Crippen molar-refractivity contribution in [1.82, 2.24) is 15.3 Å². The molecule has 1 saturated heterocycles. The van der Waals surface area contributed by atoms with Gasteiger partial charge in [-0.3, -0.25) is 14.0 Å². The lowest BCUT2D eigenvalue weighted by Crippen LogP contribution is -2.38. The average Bonchev–Trinajstić information content (AvgIpc) is 3.25. The quantitative estimate of drug-likeness (QED) is 0.664. The van der Waals surface area contributed by atoms with Crippen molar-refractivity contribution in [2.75, 3.05) is 36.0 Å². The predicted octanol–water partition coefficient (Wildman–Crippen LogP) is 3.10. The third kappa shape index (κ3) is 4.18. The first-order valence-electron chi connectivity index (χ1n) is 10.5. The SMILES string of the molecule is O=C1NCCc2[nH]c(-c3ccnc(C=Cc4ccccc4N4CCS(=O)CC4)c3)cc21. The van der Waals surface area contributed by atoms with Crippen molar-refractivity contribution in [2.24, 2.45) is 0 Å². The maximum Gasteiger partial charge on any atom is 0.253 e. The molecule has 1 amide bonds. The molecule has 31 heavy (non-hydrogen) atoms. The number of para-hydroxylation sites is 1. The van der Waals surface area contributed by atoms with Crippen LogP contribution in [-0.4, -0.2) is 51.2 Å². The van der Waals surface area contributed by atoms with E-state index in [0.717, 1.165) is 70.5 Å². The fourth-order valence-electron chi connectivity index (χ4n) is 4.13. The van der Waals surface area contributed by atoms with Gasteiger partial charge in [0.2, 0.25) is 0 Å². The molecule has 1 fully saturated rings. The maximum absolute atomic E-state index is 12.1. The summed E-state index contributed by atoms with van der Waals surface area (Å²) in [5.41, 5.74) is 6.79. The van der Waals surface area contributed by atoms with Crippen molar-refractivity contribution in [3.8, 4) is 11.3 Å². The zero-order valence-electron chi connectivity index (χ0n) is 17.1. The van der Waals surface area contributed by atoms with E-state index in [0.29, 0.717) is 6.54 Å². The maximum atomic E-state index is 12.1. The number of amides is 1. The van der Waals surface area contributed by atoms with E-state index in [1.54, 1.807) is 6.20 Å². The number of carbonyl (C=O) groups is 1. The Morgan fingerprint density at radius 3 is 2.74 bits per heavy atom. The minimum atomic E-state index is -0.693. The van der Waals surface area contributed by atoms with Crippen molar-refractivity contribution >= 4 is 34.5 Å². The van der Waals surface area contributed by atoms with Crippen LogP contribution in [0.1, 0.15) is 27.3 Å². The number of benzene rings is 1. The van der Waals surface area contributed by atoms with Gasteiger partial charge in [0.15, 0.2) is 0 Å². The Bertz CT molecular complexity index is 1170. The first kappa shape index (κ1) is 19.8.